The number of hydrogen-bond acceptors (Lipinski definition) is 1. The largest absolute Gasteiger partial charge is 0.295 e. The minimum atomic E-state index is -0.241. The van der Waals surface area contributed by atoms with Gasteiger partial charge >= 0.3 is 0 Å². The Labute approximate surface area is 95.7 Å². The fraction of sp³-hybridized carbons (Fsp3) is 0.500. The smallest absolute Gasteiger partial charge is 0.159 e. The highest BCUT2D eigenvalue weighted by Gasteiger charge is 2.28. The third kappa shape index (κ3) is 2.16. The Balaban J connectivity index is 2.26. The van der Waals surface area contributed by atoms with Crippen molar-refractivity contribution in [3.63, 3.8) is 0 Å². The topological polar surface area (TPSA) is 17.1 Å². The van der Waals surface area contributed by atoms with Gasteiger partial charge in [-0.05, 0) is 43.2 Å². The van der Waals surface area contributed by atoms with Crippen molar-refractivity contribution < 1.29 is 9.18 Å². The first-order chi connectivity index (χ1) is 7.72. The van der Waals surface area contributed by atoms with Crippen LogP contribution in [0.25, 0.3) is 0 Å². The first-order valence-electron chi connectivity index (χ1n) is 5.89. The van der Waals surface area contributed by atoms with Crippen LogP contribution in [0.2, 0.25) is 0 Å². The molecule has 2 atom stereocenters. The lowest BCUT2D eigenvalue weighted by Gasteiger charge is -2.17. The predicted octanol–water partition coefficient (Wildman–Crippen LogP) is 3.74. The molecule has 1 aromatic carbocycles. The summed E-state index contributed by atoms with van der Waals surface area (Å²) >= 11 is 0. The van der Waals surface area contributed by atoms with Gasteiger partial charge < -0.3 is 0 Å². The minimum Gasteiger partial charge on any atom is -0.295 e. The molecule has 0 N–H and O–H groups in total. The predicted molar refractivity (Wildman–Crippen MR) is 62.5 cm³/mol. The number of benzene rings is 1. The first-order valence-corrected chi connectivity index (χ1v) is 5.89. The molecule has 0 saturated heterocycles. The summed E-state index contributed by atoms with van der Waals surface area (Å²) in [6.07, 6.45) is 3.13. The van der Waals surface area contributed by atoms with Gasteiger partial charge in [0.05, 0.1) is 6.67 Å². The third-order valence-electron chi connectivity index (χ3n) is 3.58. The van der Waals surface area contributed by atoms with E-state index in [0.717, 1.165) is 30.4 Å². The van der Waals surface area contributed by atoms with Gasteiger partial charge in [0.25, 0.3) is 0 Å². The Hall–Kier alpha value is -1.18. The fourth-order valence-electron chi connectivity index (χ4n) is 2.65. The van der Waals surface area contributed by atoms with Crippen molar-refractivity contribution in [2.24, 2.45) is 5.92 Å². The van der Waals surface area contributed by atoms with E-state index in [9.17, 15) is 9.18 Å². The molecule has 0 bridgehead atoms. The molecular weight excluding hydrogens is 203 g/mol. The summed E-state index contributed by atoms with van der Waals surface area (Å²) < 4.78 is 12.8. The molecule has 1 aromatic rings. The summed E-state index contributed by atoms with van der Waals surface area (Å²) in [4.78, 5) is 11.3. The van der Waals surface area contributed by atoms with Gasteiger partial charge in [-0.1, -0.05) is 24.6 Å². The molecule has 2 unspecified atom stereocenters. The van der Waals surface area contributed by atoms with E-state index in [0.29, 0.717) is 5.92 Å². The van der Waals surface area contributed by atoms with Crippen LogP contribution in [0.4, 0.5) is 4.39 Å². The average Bonchev–Trinajstić information content (AvgIpc) is 2.77. The molecule has 0 amide bonds. The van der Waals surface area contributed by atoms with Crippen molar-refractivity contribution in [3.8, 4) is 0 Å². The summed E-state index contributed by atoms with van der Waals surface area (Å²) in [7, 11) is 0. The van der Waals surface area contributed by atoms with Gasteiger partial charge in [0, 0.05) is 5.56 Å². The third-order valence-corrected chi connectivity index (χ3v) is 3.58. The Morgan fingerprint density at radius 1 is 1.44 bits per heavy atom. The van der Waals surface area contributed by atoms with Crippen molar-refractivity contribution in [2.75, 3.05) is 6.67 Å². The Kier molecular flexibility index (Phi) is 3.37. The van der Waals surface area contributed by atoms with E-state index in [4.69, 9.17) is 0 Å². The molecule has 0 radical (unpaired) electrons. The SMILES string of the molecule is CC(=O)c1cccc(C2CCCC2CF)c1. The molecule has 0 aliphatic heterocycles. The molecule has 86 valence electrons. The molecule has 1 aliphatic rings. The maximum absolute atomic E-state index is 12.8. The van der Waals surface area contributed by atoms with Crippen molar-refractivity contribution in [1.82, 2.24) is 0 Å². The Morgan fingerprint density at radius 2 is 2.25 bits per heavy atom. The van der Waals surface area contributed by atoms with Crippen LogP contribution >= 0.6 is 0 Å². The maximum Gasteiger partial charge on any atom is 0.159 e. The number of hydrogen-bond donors (Lipinski definition) is 0. The van der Waals surface area contributed by atoms with Gasteiger partial charge in [0.15, 0.2) is 5.78 Å². The highest BCUT2D eigenvalue weighted by atomic mass is 19.1. The monoisotopic (exact) mass is 220 g/mol. The molecule has 0 spiro atoms. The number of Topliss-reactive ketones (excluding diaryl/α,β-unsaturated/α-hetero) is 1. The average molecular weight is 220 g/mol. The lowest BCUT2D eigenvalue weighted by Crippen LogP contribution is -2.08. The van der Waals surface area contributed by atoms with Crippen LogP contribution in [0.5, 0.6) is 0 Å². The van der Waals surface area contributed by atoms with Crippen molar-refractivity contribution in [1.29, 1.82) is 0 Å². The molecular formula is C14H17FO. The number of carbonyl (C=O) groups is 1. The Morgan fingerprint density at radius 3 is 2.94 bits per heavy atom. The first kappa shape index (κ1) is 11.3. The zero-order chi connectivity index (χ0) is 11.5. The van der Waals surface area contributed by atoms with E-state index in [-0.39, 0.29) is 18.4 Å². The van der Waals surface area contributed by atoms with Gasteiger partial charge in [-0.3, -0.25) is 9.18 Å². The second kappa shape index (κ2) is 4.77. The lowest BCUT2D eigenvalue weighted by atomic mass is 9.88. The van der Waals surface area contributed by atoms with Crippen LogP contribution in [0.1, 0.15) is 48.0 Å². The highest BCUT2D eigenvalue weighted by molar-refractivity contribution is 5.94. The van der Waals surface area contributed by atoms with Crippen LogP contribution in [0.3, 0.4) is 0 Å². The van der Waals surface area contributed by atoms with E-state index >= 15 is 0 Å². The number of ketones is 1. The molecule has 1 saturated carbocycles. The van der Waals surface area contributed by atoms with Crippen molar-refractivity contribution >= 4 is 5.78 Å². The number of rotatable bonds is 3. The van der Waals surface area contributed by atoms with Crippen LogP contribution in [-0.2, 0) is 0 Å². The fourth-order valence-corrected chi connectivity index (χ4v) is 2.65. The van der Waals surface area contributed by atoms with Gasteiger partial charge in [-0.2, -0.15) is 0 Å². The molecule has 0 aromatic heterocycles. The summed E-state index contributed by atoms with van der Waals surface area (Å²) in [5, 5.41) is 0. The molecule has 0 heterocycles. The second-order valence-electron chi connectivity index (χ2n) is 4.63. The number of halogens is 1. The standard InChI is InChI=1S/C14H17FO/c1-10(16)11-4-2-5-12(8-11)14-7-3-6-13(14)9-15/h2,4-5,8,13-14H,3,6-7,9H2,1H3. The van der Waals surface area contributed by atoms with Crippen LogP contribution in [0.15, 0.2) is 24.3 Å². The maximum atomic E-state index is 12.8. The normalized spacial score (nSPS) is 24.6. The van der Waals surface area contributed by atoms with E-state index in [1.807, 2.05) is 24.3 Å². The molecule has 1 nitrogen and oxygen atoms in total. The van der Waals surface area contributed by atoms with Crippen molar-refractivity contribution in [2.45, 2.75) is 32.1 Å². The van der Waals surface area contributed by atoms with E-state index in [2.05, 4.69) is 0 Å². The van der Waals surface area contributed by atoms with Crippen LogP contribution in [-0.4, -0.2) is 12.5 Å². The van der Waals surface area contributed by atoms with Crippen LogP contribution in [0, 0.1) is 5.92 Å². The number of alkyl halides is 1. The zero-order valence-electron chi connectivity index (χ0n) is 9.58. The van der Waals surface area contributed by atoms with Crippen molar-refractivity contribution in [3.05, 3.63) is 35.4 Å². The highest BCUT2D eigenvalue weighted by Crippen LogP contribution is 2.39. The van der Waals surface area contributed by atoms with Gasteiger partial charge in [0.2, 0.25) is 0 Å². The molecule has 2 heteroatoms. The van der Waals surface area contributed by atoms with Gasteiger partial charge in [-0.25, -0.2) is 0 Å². The molecule has 16 heavy (non-hydrogen) atoms. The summed E-state index contributed by atoms with van der Waals surface area (Å²) in [6, 6.07) is 7.68. The Bertz CT molecular complexity index is 386. The van der Waals surface area contributed by atoms with E-state index in [1.54, 1.807) is 6.92 Å². The lowest BCUT2D eigenvalue weighted by molar-refractivity contribution is 0.101. The van der Waals surface area contributed by atoms with Gasteiger partial charge in [0.1, 0.15) is 0 Å². The van der Waals surface area contributed by atoms with E-state index in [1.165, 1.54) is 0 Å². The van der Waals surface area contributed by atoms with E-state index < -0.39 is 0 Å². The molecule has 1 aliphatic carbocycles. The second-order valence-corrected chi connectivity index (χ2v) is 4.63. The summed E-state index contributed by atoms with van der Waals surface area (Å²) in [5.41, 5.74) is 1.87. The minimum absolute atomic E-state index is 0.0802. The van der Waals surface area contributed by atoms with Gasteiger partial charge in [-0.15, -0.1) is 0 Å². The number of carbonyl (C=O) groups excluding carboxylic acids is 1. The molecule has 1 fully saturated rings. The quantitative estimate of drug-likeness (QED) is 0.709. The van der Waals surface area contributed by atoms with Crippen LogP contribution < -0.4 is 0 Å². The zero-order valence-corrected chi connectivity index (χ0v) is 9.58. The summed E-state index contributed by atoms with van der Waals surface area (Å²) in [6.45, 7) is 1.33. The molecule has 2 rings (SSSR count). The summed E-state index contributed by atoms with van der Waals surface area (Å²) in [5.74, 6) is 0.545.